The van der Waals surface area contributed by atoms with E-state index < -0.39 is 5.97 Å². The number of nitrogens with two attached hydrogens (primary N) is 2. The minimum Gasteiger partial charge on any atom is -0.480 e. The predicted octanol–water partition coefficient (Wildman–Crippen LogP) is 4.83. The molecule has 0 aliphatic rings. The highest BCUT2D eigenvalue weighted by atomic mass is 16.4. The summed E-state index contributed by atoms with van der Waals surface area (Å²) >= 11 is 0. The van der Waals surface area contributed by atoms with Crippen molar-refractivity contribution in [1.29, 1.82) is 0 Å². The first kappa shape index (κ1) is 31.0. The molecule has 0 spiro atoms. The summed E-state index contributed by atoms with van der Waals surface area (Å²) in [5.74, 6) is 4.38. The number of hydrogen-bond donors (Lipinski definition) is 4. The maximum absolute atomic E-state index is 12.5. The molecular formula is C30H40N6O3. The molecule has 9 heteroatoms. The van der Waals surface area contributed by atoms with Gasteiger partial charge in [0.15, 0.2) is 5.84 Å². The van der Waals surface area contributed by atoms with E-state index in [0.29, 0.717) is 12.0 Å². The van der Waals surface area contributed by atoms with Gasteiger partial charge >= 0.3 is 5.97 Å². The van der Waals surface area contributed by atoms with Gasteiger partial charge in [0, 0.05) is 30.3 Å². The Hall–Kier alpha value is -4.24. The van der Waals surface area contributed by atoms with Crippen LogP contribution in [-0.2, 0) is 16.1 Å². The summed E-state index contributed by atoms with van der Waals surface area (Å²) in [5.41, 5.74) is 14.5. The zero-order valence-electron chi connectivity index (χ0n) is 23.3. The Morgan fingerprint density at radius 2 is 1.69 bits per heavy atom. The van der Waals surface area contributed by atoms with Crippen LogP contribution < -0.4 is 17.1 Å². The average molecular weight is 533 g/mol. The third-order valence-corrected chi connectivity index (χ3v) is 5.75. The second kappa shape index (κ2) is 15.9. The Kier molecular flexibility index (Phi) is 12.6. The summed E-state index contributed by atoms with van der Waals surface area (Å²) in [6.45, 7) is 8.14. The van der Waals surface area contributed by atoms with Gasteiger partial charge in [0.2, 0.25) is 5.91 Å². The number of nitrogens with one attached hydrogen (secondary N) is 1. The Balaban J connectivity index is 0.00000170. The smallest absolute Gasteiger partial charge is 0.323 e. The predicted molar refractivity (Wildman–Crippen MR) is 156 cm³/mol. The fraction of sp³-hybridized carbons (Fsp3) is 0.333. The molecular weight excluding hydrogens is 492 g/mol. The molecule has 0 radical (unpaired) electrons. The molecule has 6 N–H and O–H groups in total. The number of aromatic nitrogens is 1. The number of carbonyl (C=O) groups excluding carboxylic acids is 1. The van der Waals surface area contributed by atoms with Crippen LogP contribution in [0.1, 0.15) is 63.1 Å². The highest BCUT2D eigenvalue weighted by molar-refractivity contribution is 6.04. The van der Waals surface area contributed by atoms with Crippen LogP contribution in [0.3, 0.4) is 0 Å². The van der Waals surface area contributed by atoms with Crippen molar-refractivity contribution in [3.8, 4) is 22.4 Å². The van der Waals surface area contributed by atoms with Crippen LogP contribution in [0.5, 0.6) is 0 Å². The highest BCUT2D eigenvalue weighted by Crippen LogP contribution is 2.30. The lowest BCUT2D eigenvalue weighted by Gasteiger charge is -2.21. The molecule has 0 bridgehead atoms. The normalized spacial score (nSPS) is 10.8. The van der Waals surface area contributed by atoms with Crippen molar-refractivity contribution in [3.63, 3.8) is 0 Å². The number of aliphatic carboxylic acids is 1. The quantitative estimate of drug-likeness (QED) is 0.120. The zero-order valence-corrected chi connectivity index (χ0v) is 23.3. The van der Waals surface area contributed by atoms with E-state index in [4.69, 9.17) is 11.6 Å². The van der Waals surface area contributed by atoms with Gasteiger partial charge in [0.25, 0.3) is 0 Å². The standard InChI is InChI=1S/C27H32N6O3.C3H8/c1-3-4-5-25(34)33(17-26(35)36)16-19-6-8-20(9-7-19)23-15-21(24-14-18(2)12-13-30-24)10-11-22(23)27(28)31-32-29;1-3-2/h6-15,32H,3-5,16-17,29H2,1-2H3,(H2,28,31)(H,35,36);3H2,1-2H3. The van der Waals surface area contributed by atoms with Gasteiger partial charge in [-0.15, -0.1) is 5.10 Å². The molecule has 1 aromatic heterocycles. The van der Waals surface area contributed by atoms with Gasteiger partial charge in [0.05, 0.1) is 5.69 Å². The Morgan fingerprint density at radius 3 is 2.28 bits per heavy atom. The van der Waals surface area contributed by atoms with Gasteiger partial charge in [-0.3, -0.25) is 14.6 Å². The number of unbranched alkanes of at least 4 members (excludes halogenated alkanes) is 1. The first-order chi connectivity index (χ1) is 18.7. The number of nitrogens with zero attached hydrogens (tertiary/aromatic N) is 3. The molecule has 0 saturated carbocycles. The number of rotatable bonds is 11. The van der Waals surface area contributed by atoms with Crippen molar-refractivity contribution in [2.24, 2.45) is 16.7 Å². The lowest BCUT2D eigenvalue weighted by Crippen LogP contribution is -2.35. The third-order valence-electron chi connectivity index (χ3n) is 5.75. The largest absolute Gasteiger partial charge is 0.480 e. The van der Waals surface area contributed by atoms with Crippen molar-refractivity contribution < 1.29 is 14.7 Å². The van der Waals surface area contributed by atoms with Crippen LogP contribution in [0, 0.1) is 6.92 Å². The number of aryl methyl sites for hydroxylation is 1. The SMILES string of the molecule is CCC.CCCCC(=O)N(CC(=O)O)Cc1ccc(-c2cc(-c3cc(C)ccn3)ccc2/C(N)=N/NN)cc1. The van der Waals surface area contributed by atoms with Gasteiger partial charge in [-0.2, -0.15) is 0 Å². The molecule has 208 valence electrons. The molecule has 0 aliphatic heterocycles. The summed E-state index contributed by atoms with van der Waals surface area (Å²) in [7, 11) is 0. The summed E-state index contributed by atoms with van der Waals surface area (Å²) in [5, 5.41) is 13.2. The van der Waals surface area contributed by atoms with E-state index in [-0.39, 0.29) is 24.8 Å². The summed E-state index contributed by atoms with van der Waals surface area (Å²) in [6, 6.07) is 17.3. The summed E-state index contributed by atoms with van der Waals surface area (Å²) in [6.07, 6.45) is 4.95. The fourth-order valence-electron chi connectivity index (χ4n) is 3.88. The van der Waals surface area contributed by atoms with Crippen molar-refractivity contribution >= 4 is 17.7 Å². The number of carboxylic acids is 1. The number of amidine groups is 1. The number of hydrazone groups is 1. The van der Waals surface area contributed by atoms with Crippen LogP contribution in [0.4, 0.5) is 0 Å². The van der Waals surface area contributed by atoms with E-state index in [1.807, 2.05) is 68.4 Å². The van der Waals surface area contributed by atoms with E-state index in [1.165, 1.54) is 11.3 Å². The molecule has 1 amide bonds. The molecule has 0 aliphatic carbocycles. The molecule has 0 saturated heterocycles. The number of carboxylic acid groups (broad SMARTS) is 1. The van der Waals surface area contributed by atoms with E-state index >= 15 is 0 Å². The van der Waals surface area contributed by atoms with Crippen molar-refractivity contribution in [3.05, 3.63) is 77.5 Å². The summed E-state index contributed by atoms with van der Waals surface area (Å²) in [4.78, 5) is 29.7. The molecule has 3 rings (SSSR count). The Labute approximate surface area is 230 Å². The first-order valence-corrected chi connectivity index (χ1v) is 13.2. The van der Waals surface area contributed by atoms with Crippen molar-refractivity contribution in [1.82, 2.24) is 15.4 Å². The molecule has 9 nitrogen and oxygen atoms in total. The molecule has 0 unspecified atom stereocenters. The van der Waals surface area contributed by atoms with E-state index in [1.54, 1.807) is 6.20 Å². The van der Waals surface area contributed by atoms with Gasteiger partial charge in [0.1, 0.15) is 6.54 Å². The van der Waals surface area contributed by atoms with Gasteiger partial charge in [-0.05, 0) is 59.9 Å². The van der Waals surface area contributed by atoms with Crippen LogP contribution in [0.15, 0.2) is 65.9 Å². The molecule has 1 heterocycles. The monoisotopic (exact) mass is 532 g/mol. The van der Waals surface area contributed by atoms with E-state index in [0.717, 1.165) is 46.4 Å². The van der Waals surface area contributed by atoms with E-state index in [9.17, 15) is 14.7 Å². The number of benzene rings is 2. The third kappa shape index (κ3) is 9.54. The molecule has 39 heavy (non-hydrogen) atoms. The van der Waals surface area contributed by atoms with Crippen LogP contribution in [0.2, 0.25) is 0 Å². The second-order valence-corrected chi connectivity index (χ2v) is 9.26. The average Bonchev–Trinajstić information content (AvgIpc) is 2.92. The first-order valence-electron chi connectivity index (χ1n) is 13.2. The number of hydrazine groups is 1. The molecule has 0 fully saturated rings. The maximum Gasteiger partial charge on any atom is 0.323 e. The lowest BCUT2D eigenvalue weighted by atomic mass is 9.94. The number of carbonyl (C=O) groups is 2. The van der Waals surface area contributed by atoms with Gasteiger partial charge in [-0.25, -0.2) is 11.4 Å². The molecule has 2 aromatic carbocycles. The minimum absolute atomic E-state index is 0.165. The summed E-state index contributed by atoms with van der Waals surface area (Å²) < 4.78 is 0. The maximum atomic E-state index is 12.5. The van der Waals surface area contributed by atoms with Crippen LogP contribution >= 0.6 is 0 Å². The fourth-order valence-corrected chi connectivity index (χ4v) is 3.88. The van der Waals surface area contributed by atoms with Gasteiger partial charge in [-0.1, -0.05) is 63.9 Å². The van der Waals surface area contributed by atoms with Crippen molar-refractivity contribution in [2.45, 2.75) is 59.9 Å². The molecule has 3 aromatic rings. The second-order valence-electron chi connectivity index (χ2n) is 9.26. The van der Waals surface area contributed by atoms with Crippen LogP contribution in [0.25, 0.3) is 22.4 Å². The number of pyridine rings is 1. The number of amides is 1. The topological polar surface area (TPSA) is 147 Å². The lowest BCUT2D eigenvalue weighted by molar-refractivity contribution is -0.144. The van der Waals surface area contributed by atoms with Crippen molar-refractivity contribution in [2.75, 3.05) is 6.54 Å². The van der Waals surface area contributed by atoms with Crippen LogP contribution in [-0.4, -0.2) is 39.2 Å². The minimum atomic E-state index is -1.04. The zero-order chi connectivity index (χ0) is 28.8. The van der Waals surface area contributed by atoms with E-state index in [2.05, 4.69) is 29.5 Å². The number of hydrogen-bond acceptors (Lipinski definition) is 6. The highest BCUT2D eigenvalue weighted by Gasteiger charge is 2.17. The molecule has 0 atom stereocenters. The Bertz CT molecular complexity index is 1260. The van der Waals surface area contributed by atoms with Gasteiger partial charge < -0.3 is 15.7 Å². The Morgan fingerprint density at radius 1 is 1.03 bits per heavy atom.